The summed E-state index contributed by atoms with van der Waals surface area (Å²) in [6, 6.07) is 9.08. The summed E-state index contributed by atoms with van der Waals surface area (Å²) in [5.41, 5.74) is 0.284. The van der Waals surface area contributed by atoms with Crippen molar-refractivity contribution in [2.45, 2.75) is 12.7 Å². The van der Waals surface area contributed by atoms with Crippen LogP contribution in [0.4, 0.5) is 23.4 Å². The molecule has 0 spiro atoms. The second-order valence-corrected chi connectivity index (χ2v) is 4.94. The maximum atomic E-state index is 13.4. The molecule has 0 amide bonds. The molecule has 0 aliphatic rings. The Morgan fingerprint density at radius 3 is 2.61 bits per heavy atom. The minimum absolute atomic E-state index is 0.131. The van der Waals surface area contributed by atoms with Crippen LogP contribution in [0.25, 0.3) is 10.9 Å². The lowest BCUT2D eigenvalue weighted by molar-refractivity contribution is -0.137. The van der Waals surface area contributed by atoms with Gasteiger partial charge >= 0.3 is 6.18 Å². The zero-order valence-corrected chi connectivity index (χ0v) is 11.7. The molecular formula is C16H11F4N3. The van der Waals surface area contributed by atoms with E-state index >= 15 is 0 Å². The molecule has 23 heavy (non-hydrogen) atoms. The van der Waals surface area contributed by atoms with Crippen molar-refractivity contribution < 1.29 is 17.6 Å². The number of fused-ring (bicyclic) bond motifs is 1. The third-order valence-corrected chi connectivity index (χ3v) is 3.31. The third kappa shape index (κ3) is 3.39. The normalized spacial score (nSPS) is 11.7. The predicted molar refractivity (Wildman–Crippen MR) is 78.3 cm³/mol. The molecule has 3 rings (SSSR count). The van der Waals surface area contributed by atoms with Crippen LogP contribution in [-0.2, 0) is 12.7 Å². The number of halogens is 4. The Balaban J connectivity index is 1.85. The fraction of sp³-hybridized carbons (Fsp3) is 0.125. The highest BCUT2D eigenvalue weighted by Gasteiger charge is 2.30. The smallest absolute Gasteiger partial charge is 0.365 e. The zero-order chi connectivity index (χ0) is 16.4. The number of anilines is 1. The van der Waals surface area contributed by atoms with Crippen molar-refractivity contribution in [2.24, 2.45) is 0 Å². The van der Waals surface area contributed by atoms with Crippen LogP contribution in [-0.4, -0.2) is 9.97 Å². The molecule has 0 fully saturated rings. The molecular weight excluding hydrogens is 310 g/mol. The van der Waals surface area contributed by atoms with Gasteiger partial charge < -0.3 is 5.32 Å². The molecule has 1 heterocycles. The molecule has 118 valence electrons. The molecule has 0 bridgehead atoms. The third-order valence-electron chi connectivity index (χ3n) is 3.31. The van der Waals surface area contributed by atoms with E-state index in [9.17, 15) is 17.6 Å². The highest BCUT2D eigenvalue weighted by molar-refractivity contribution is 5.88. The number of nitrogens with one attached hydrogen (secondary N) is 1. The van der Waals surface area contributed by atoms with Gasteiger partial charge in [0.2, 0.25) is 0 Å². The molecule has 0 saturated carbocycles. The number of hydrogen-bond donors (Lipinski definition) is 1. The van der Waals surface area contributed by atoms with E-state index < -0.39 is 17.6 Å². The summed E-state index contributed by atoms with van der Waals surface area (Å²) in [4.78, 5) is 8.04. The van der Waals surface area contributed by atoms with Gasteiger partial charge in [0.05, 0.1) is 11.1 Å². The van der Waals surface area contributed by atoms with Crippen LogP contribution in [0.2, 0.25) is 0 Å². The average molecular weight is 321 g/mol. The zero-order valence-electron chi connectivity index (χ0n) is 11.7. The number of benzene rings is 2. The van der Waals surface area contributed by atoms with E-state index in [0.717, 1.165) is 12.1 Å². The number of alkyl halides is 3. The predicted octanol–water partition coefficient (Wildman–Crippen LogP) is 4.40. The van der Waals surface area contributed by atoms with E-state index in [4.69, 9.17) is 0 Å². The monoisotopic (exact) mass is 321 g/mol. The highest BCUT2D eigenvalue weighted by Crippen LogP contribution is 2.29. The van der Waals surface area contributed by atoms with E-state index in [1.54, 1.807) is 6.07 Å². The van der Waals surface area contributed by atoms with Gasteiger partial charge in [-0.2, -0.15) is 13.2 Å². The summed E-state index contributed by atoms with van der Waals surface area (Å²) in [5.74, 6) is -0.0682. The topological polar surface area (TPSA) is 37.8 Å². The molecule has 0 saturated heterocycles. The first-order valence-electron chi connectivity index (χ1n) is 6.74. The summed E-state index contributed by atoms with van der Waals surface area (Å²) in [5, 5.41) is 3.40. The van der Waals surface area contributed by atoms with E-state index in [2.05, 4.69) is 15.3 Å². The standard InChI is InChI=1S/C16H11F4N3/c17-12-4-5-14-13(7-12)15(23-9-22-14)21-8-10-2-1-3-11(6-10)16(18,19)20/h1-7,9H,8H2,(H,21,22,23). The Morgan fingerprint density at radius 2 is 1.83 bits per heavy atom. The summed E-state index contributed by atoms with van der Waals surface area (Å²) in [6.45, 7) is 0.131. The quantitative estimate of drug-likeness (QED) is 0.727. The van der Waals surface area contributed by atoms with Gasteiger partial charge in [-0.05, 0) is 35.9 Å². The Labute approximate surface area is 129 Å². The van der Waals surface area contributed by atoms with Crippen molar-refractivity contribution in [3.63, 3.8) is 0 Å². The molecule has 0 aliphatic heterocycles. The molecule has 3 nitrogen and oxygen atoms in total. The first-order valence-corrected chi connectivity index (χ1v) is 6.74. The van der Waals surface area contributed by atoms with Gasteiger partial charge in [0, 0.05) is 11.9 Å². The highest BCUT2D eigenvalue weighted by atomic mass is 19.4. The van der Waals surface area contributed by atoms with E-state index in [1.165, 1.54) is 30.6 Å². The van der Waals surface area contributed by atoms with Crippen LogP contribution in [0.5, 0.6) is 0 Å². The lowest BCUT2D eigenvalue weighted by Crippen LogP contribution is -2.07. The van der Waals surface area contributed by atoms with Crippen molar-refractivity contribution in [3.05, 3.63) is 65.7 Å². The van der Waals surface area contributed by atoms with Crippen LogP contribution in [0, 0.1) is 5.82 Å². The van der Waals surface area contributed by atoms with Crippen LogP contribution in [0.3, 0.4) is 0 Å². The molecule has 7 heteroatoms. The van der Waals surface area contributed by atoms with Gasteiger partial charge in [-0.15, -0.1) is 0 Å². The fourth-order valence-corrected chi connectivity index (χ4v) is 2.21. The Hall–Kier alpha value is -2.70. The maximum absolute atomic E-state index is 13.4. The second kappa shape index (κ2) is 5.83. The summed E-state index contributed by atoms with van der Waals surface area (Å²) < 4.78 is 51.5. The van der Waals surface area contributed by atoms with Gasteiger partial charge in [0.25, 0.3) is 0 Å². The minimum atomic E-state index is -4.39. The number of nitrogens with zero attached hydrogens (tertiary/aromatic N) is 2. The SMILES string of the molecule is Fc1ccc2ncnc(NCc3cccc(C(F)(F)F)c3)c2c1. The van der Waals surface area contributed by atoms with Gasteiger partial charge in [0.1, 0.15) is 18.0 Å². The van der Waals surface area contributed by atoms with Crippen LogP contribution in [0.1, 0.15) is 11.1 Å². The maximum Gasteiger partial charge on any atom is 0.416 e. The molecule has 0 atom stereocenters. The minimum Gasteiger partial charge on any atom is -0.365 e. The lowest BCUT2D eigenvalue weighted by atomic mass is 10.1. The van der Waals surface area contributed by atoms with Gasteiger partial charge in [-0.3, -0.25) is 0 Å². The molecule has 0 aliphatic carbocycles. The molecule has 2 aromatic carbocycles. The Bertz CT molecular complexity index is 846. The molecule has 1 N–H and O–H groups in total. The molecule has 0 radical (unpaired) electrons. The first kappa shape index (κ1) is 15.2. The van der Waals surface area contributed by atoms with Crippen molar-refractivity contribution >= 4 is 16.7 Å². The molecule has 0 unspecified atom stereocenters. The summed E-state index contributed by atoms with van der Waals surface area (Å²) >= 11 is 0. The molecule has 1 aromatic heterocycles. The Morgan fingerprint density at radius 1 is 1.00 bits per heavy atom. The first-order chi connectivity index (χ1) is 10.9. The fourth-order valence-electron chi connectivity index (χ4n) is 2.21. The largest absolute Gasteiger partial charge is 0.416 e. The summed E-state index contributed by atoms with van der Waals surface area (Å²) in [6.07, 6.45) is -3.07. The van der Waals surface area contributed by atoms with Crippen molar-refractivity contribution in [1.29, 1.82) is 0 Å². The van der Waals surface area contributed by atoms with Gasteiger partial charge in [0.15, 0.2) is 0 Å². The number of rotatable bonds is 3. The van der Waals surface area contributed by atoms with Crippen molar-refractivity contribution in [1.82, 2.24) is 9.97 Å². The van der Waals surface area contributed by atoms with Crippen molar-refractivity contribution in [3.8, 4) is 0 Å². The van der Waals surface area contributed by atoms with Crippen LogP contribution < -0.4 is 5.32 Å². The van der Waals surface area contributed by atoms with Crippen LogP contribution in [0.15, 0.2) is 48.8 Å². The number of hydrogen-bond acceptors (Lipinski definition) is 3. The second-order valence-electron chi connectivity index (χ2n) is 4.94. The van der Waals surface area contributed by atoms with E-state index in [-0.39, 0.29) is 6.54 Å². The average Bonchev–Trinajstić information content (AvgIpc) is 2.52. The summed E-state index contributed by atoms with van der Waals surface area (Å²) in [7, 11) is 0. The van der Waals surface area contributed by atoms with E-state index in [1.807, 2.05) is 0 Å². The Kier molecular flexibility index (Phi) is 3.85. The van der Waals surface area contributed by atoms with Gasteiger partial charge in [-0.25, -0.2) is 14.4 Å². The number of aromatic nitrogens is 2. The van der Waals surface area contributed by atoms with E-state index in [0.29, 0.717) is 22.3 Å². The lowest BCUT2D eigenvalue weighted by Gasteiger charge is -2.11. The van der Waals surface area contributed by atoms with Gasteiger partial charge in [-0.1, -0.05) is 12.1 Å². The van der Waals surface area contributed by atoms with Crippen molar-refractivity contribution in [2.75, 3.05) is 5.32 Å². The molecule has 3 aromatic rings. The van der Waals surface area contributed by atoms with Crippen LogP contribution >= 0.6 is 0 Å².